The predicted molar refractivity (Wildman–Crippen MR) is 70.3 cm³/mol. The lowest BCUT2D eigenvalue weighted by Crippen LogP contribution is -2.07. The van der Waals surface area contributed by atoms with Crippen LogP contribution in [0.25, 0.3) is 0 Å². The van der Waals surface area contributed by atoms with Crippen molar-refractivity contribution in [1.82, 2.24) is 0 Å². The molecule has 4 heteroatoms. The Morgan fingerprint density at radius 3 is 2.76 bits per heavy atom. The number of nitrogen functional groups attached to an aromatic ring is 1. The SMILES string of the molecule is COC(=O)c1cccc(SC2CCCC2)c1N. The second-order valence-electron chi connectivity index (χ2n) is 4.23. The van der Waals surface area contributed by atoms with E-state index in [1.165, 1.54) is 32.8 Å². The third-order valence-corrected chi connectivity index (χ3v) is 4.48. The number of rotatable bonds is 3. The van der Waals surface area contributed by atoms with Crippen molar-refractivity contribution in [3.05, 3.63) is 23.8 Å². The van der Waals surface area contributed by atoms with E-state index in [2.05, 4.69) is 0 Å². The first-order chi connectivity index (χ1) is 8.22. The Bertz CT molecular complexity index is 414. The fourth-order valence-electron chi connectivity index (χ4n) is 2.12. The first kappa shape index (κ1) is 12.3. The Morgan fingerprint density at radius 2 is 2.12 bits per heavy atom. The van der Waals surface area contributed by atoms with Gasteiger partial charge in [-0.25, -0.2) is 4.79 Å². The molecule has 1 aromatic carbocycles. The monoisotopic (exact) mass is 251 g/mol. The zero-order valence-corrected chi connectivity index (χ0v) is 10.8. The van der Waals surface area contributed by atoms with E-state index in [1.54, 1.807) is 17.8 Å². The topological polar surface area (TPSA) is 52.3 Å². The van der Waals surface area contributed by atoms with Gasteiger partial charge >= 0.3 is 5.97 Å². The number of nitrogens with two attached hydrogens (primary N) is 1. The summed E-state index contributed by atoms with van der Waals surface area (Å²) in [6.45, 7) is 0. The Kier molecular flexibility index (Phi) is 3.94. The molecule has 0 amide bonds. The Labute approximate surface area is 106 Å². The molecule has 0 atom stereocenters. The summed E-state index contributed by atoms with van der Waals surface area (Å²) in [5.41, 5.74) is 7.04. The number of benzene rings is 1. The highest BCUT2D eigenvalue weighted by Crippen LogP contribution is 2.38. The van der Waals surface area contributed by atoms with Crippen LogP contribution in [0.2, 0.25) is 0 Å². The second-order valence-corrected chi connectivity index (χ2v) is 5.58. The lowest BCUT2D eigenvalue weighted by molar-refractivity contribution is 0.0601. The molecule has 0 heterocycles. The van der Waals surface area contributed by atoms with Gasteiger partial charge in [-0.05, 0) is 25.0 Å². The molecule has 1 fully saturated rings. The summed E-state index contributed by atoms with van der Waals surface area (Å²) in [5, 5.41) is 0.644. The number of anilines is 1. The van der Waals surface area contributed by atoms with E-state index in [9.17, 15) is 4.79 Å². The smallest absolute Gasteiger partial charge is 0.339 e. The van der Waals surface area contributed by atoms with E-state index in [-0.39, 0.29) is 5.97 Å². The molecule has 1 aliphatic carbocycles. The lowest BCUT2D eigenvalue weighted by Gasteiger charge is -2.12. The van der Waals surface area contributed by atoms with Gasteiger partial charge in [-0.2, -0.15) is 0 Å². The maximum Gasteiger partial charge on any atom is 0.339 e. The number of methoxy groups -OCH3 is 1. The van der Waals surface area contributed by atoms with Crippen LogP contribution < -0.4 is 5.73 Å². The summed E-state index contributed by atoms with van der Waals surface area (Å²) in [6.07, 6.45) is 5.08. The van der Waals surface area contributed by atoms with Crippen molar-refractivity contribution in [3.8, 4) is 0 Å². The highest BCUT2D eigenvalue weighted by molar-refractivity contribution is 8.00. The molecule has 2 rings (SSSR count). The number of ether oxygens (including phenoxy) is 1. The highest BCUT2D eigenvalue weighted by atomic mass is 32.2. The molecule has 3 nitrogen and oxygen atoms in total. The molecule has 0 spiro atoms. The number of esters is 1. The molecule has 0 radical (unpaired) electrons. The molecule has 1 saturated carbocycles. The van der Waals surface area contributed by atoms with Crippen LogP contribution in [-0.2, 0) is 4.74 Å². The van der Waals surface area contributed by atoms with Crippen molar-refractivity contribution in [3.63, 3.8) is 0 Å². The fourth-order valence-corrected chi connectivity index (χ4v) is 3.44. The zero-order chi connectivity index (χ0) is 12.3. The van der Waals surface area contributed by atoms with E-state index in [4.69, 9.17) is 10.5 Å². The van der Waals surface area contributed by atoms with Crippen LogP contribution in [0.4, 0.5) is 5.69 Å². The Morgan fingerprint density at radius 1 is 1.41 bits per heavy atom. The van der Waals surface area contributed by atoms with Crippen LogP contribution in [0.1, 0.15) is 36.0 Å². The molecule has 17 heavy (non-hydrogen) atoms. The first-order valence-corrected chi connectivity index (χ1v) is 6.74. The largest absolute Gasteiger partial charge is 0.465 e. The van der Waals surface area contributed by atoms with Gasteiger partial charge in [0.15, 0.2) is 0 Å². The van der Waals surface area contributed by atoms with Crippen LogP contribution in [0.15, 0.2) is 23.1 Å². The summed E-state index contributed by atoms with van der Waals surface area (Å²) < 4.78 is 4.71. The standard InChI is InChI=1S/C13H17NO2S/c1-16-13(15)10-7-4-8-11(12(10)14)17-9-5-2-3-6-9/h4,7-9H,2-3,5-6,14H2,1H3. The molecular formula is C13H17NO2S. The van der Waals surface area contributed by atoms with Crippen molar-refractivity contribution in [2.24, 2.45) is 0 Å². The average Bonchev–Trinajstić information content (AvgIpc) is 2.84. The number of hydrogen-bond donors (Lipinski definition) is 1. The molecule has 1 aromatic rings. The van der Waals surface area contributed by atoms with E-state index < -0.39 is 0 Å². The highest BCUT2D eigenvalue weighted by Gasteiger charge is 2.19. The van der Waals surface area contributed by atoms with Crippen molar-refractivity contribution in [2.75, 3.05) is 12.8 Å². The van der Waals surface area contributed by atoms with E-state index in [0.717, 1.165) is 4.90 Å². The molecule has 0 saturated heterocycles. The van der Waals surface area contributed by atoms with Crippen molar-refractivity contribution in [2.45, 2.75) is 35.8 Å². The normalized spacial score (nSPS) is 16.1. The van der Waals surface area contributed by atoms with E-state index in [1.807, 2.05) is 12.1 Å². The van der Waals surface area contributed by atoms with Gasteiger partial charge in [-0.3, -0.25) is 0 Å². The summed E-state index contributed by atoms with van der Waals surface area (Å²) in [4.78, 5) is 12.5. The van der Waals surface area contributed by atoms with Gasteiger partial charge in [-0.15, -0.1) is 11.8 Å². The van der Waals surface area contributed by atoms with Crippen LogP contribution in [0.5, 0.6) is 0 Å². The minimum atomic E-state index is -0.364. The van der Waals surface area contributed by atoms with Gasteiger partial charge in [0.25, 0.3) is 0 Å². The third kappa shape index (κ3) is 2.75. The summed E-state index contributed by atoms with van der Waals surface area (Å²) in [5.74, 6) is -0.364. The van der Waals surface area contributed by atoms with Crippen LogP contribution in [-0.4, -0.2) is 18.3 Å². The third-order valence-electron chi connectivity index (χ3n) is 3.07. The number of carbonyl (C=O) groups is 1. The van der Waals surface area contributed by atoms with Gasteiger partial charge in [0.05, 0.1) is 18.4 Å². The molecular weight excluding hydrogens is 234 g/mol. The molecule has 0 unspecified atom stereocenters. The van der Waals surface area contributed by atoms with Crippen molar-refractivity contribution >= 4 is 23.4 Å². The number of carbonyl (C=O) groups excluding carboxylic acids is 1. The predicted octanol–water partition coefficient (Wildman–Crippen LogP) is 3.09. The zero-order valence-electron chi connectivity index (χ0n) is 9.94. The quantitative estimate of drug-likeness (QED) is 0.662. The van der Waals surface area contributed by atoms with Gasteiger partial charge < -0.3 is 10.5 Å². The van der Waals surface area contributed by atoms with Crippen molar-refractivity contribution < 1.29 is 9.53 Å². The molecule has 0 aliphatic heterocycles. The number of para-hydroxylation sites is 1. The molecule has 2 N–H and O–H groups in total. The van der Waals surface area contributed by atoms with E-state index >= 15 is 0 Å². The lowest BCUT2D eigenvalue weighted by atomic mass is 10.2. The summed E-state index contributed by atoms with van der Waals surface area (Å²) in [7, 11) is 1.37. The summed E-state index contributed by atoms with van der Waals surface area (Å²) in [6, 6.07) is 5.55. The van der Waals surface area contributed by atoms with Crippen LogP contribution in [0.3, 0.4) is 0 Å². The van der Waals surface area contributed by atoms with Crippen LogP contribution in [0, 0.1) is 0 Å². The van der Waals surface area contributed by atoms with Gasteiger partial charge in [0.1, 0.15) is 0 Å². The molecule has 0 aromatic heterocycles. The Hall–Kier alpha value is -1.16. The minimum Gasteiger partial charge on any atom is -0.465 e. The summed E-state index contributed by atoms with van der Waals surface area (Å²) >= 11 is 1.79. The number of hydrogen-bond acceptors (Lipinski definition) is 4. The number of thioether (sulfide) groups is 1. The molecule has 92 valence electrons. The second kappa shape index (κ2) is 5.45. The molecule has 1 aliphatic rings. The fraction of sp³-hybridized carbons (Fsp3) is 0.462. The minimum absolute atomic E-state index is 0.364. The van der Waals surface area contributed by atoms with Crippen molar-refractivity contribution in [1.29, 1.82) is 0 Å². The van der Waals surface area contributed by atoms with Crippen LogP contribution >= 0.6 is 11.8 Å². The van der Waals surface area contributed by atoms with Gasteiger partial charge in [0, 0.05) is 10.1 Å². The maximum atomic E-state index is 11.5. The van der Waals surface area contributed by atoms with Gasteiger partial charge in [0.2, 0.25) is 0 Å². The maximum absolute atomic E-state index is 11.5. The first-order valence-electron chi connectivity index (χ1n) is 5.86. The Balaban J connectivity index is 2.19. The van der Waals surface area contributed by atoms with E-state index in [0.29, 0.717) is 16.5 Å². The average molecular weight is 251 g/mol. The molecule has 0 bridgehead atoms. The van der Waals surface area contributed by atoms with Gasteiger partial charge in [-0.1, -0.05) is 18.9 Å².